The molecule has 1 spiro atoms. The summed E-state index contributed by atoms with van der Waals surface area (Å²) in [6, 6.07) is 0. The summed E-state index contributed by atoms with van der Waals surface area (Å²) in [7, 11) is 0. The standard InChI is InChI=1S/C8H16N2.2C2H6/c1-2-8(10-5-1)3-6-9-7-4-8;2*1-2/h9-10H,1-7H2;2*1-2H3. The second-order valence-electron chi connectivity index (χ2n) is 3.56. The largest absolute Gasteiger partial charge is 0.317 e. The van der Waals surface area contributed by atoms with E-state index in [0.29, 0.717) is 5.54 Å². The second kappa shape index (κ2) is 8.25. The van der Waals surface area contributed by atoms with Crippen LogP contribution in [0.5, 0.6) is 0 Å². The Morgan fingerprint density at radius 1 is 0.786 bits per heavy atom. The van der Waals surface area contributed by atoms with Crippen LogP contribution in [0.3, 0.4) is 0 Å². The molecule has 2 N–H and O–H groups in total. The third-order valence-electron chi connectivity index (χ3n) is 2.89. The molecule has 0 aromatic carbocycles. The molecule has 2 aliphatic heterocycles. The van der Waals surface area contributed by atoms with E-state index in [0.717, 1.165) is 0 Å². The fourth-order valence-electron chi connectivity index (χ4n) is 2.20. The predicted octanol–water partition coefficient (Wildman–Crippen LogP) is 2.54. The Morgan fingerprint density at radius 3 is 1.79 bits per heavy atom. The zero-order chi connectivity index (χ0) is 10.9. The van der Waals surface area contributed by atoms with Gasteiger partial charge in [0.1, 0.15) is 0 Å². The van der Waals surface area contributed by atoms with Gasteiger partial charge in [0, 0.05) is 5.54 Å². The van der Waals surface area contributed by atoms with Crippen LogP contribution in [0.15, 0.2) is 0 Å². The van der Waals surface area contributed by atoms with Gasteiger partial charge in [0.25, 0.3) is 0 Å². The lowest BCUT2D eigenvalue weighted by molar-refractivity contribution is 0.277. The quantitative estimate of drug-likeness (QED) is 0.628. The van der Waals surface area contributed by atoms with Crippen LogP contribution in [-0.4, -0.2) is 25.2 Å². The van der Waals surface area contributed by atoms with Gasteiger partial charge in [-0.05, 0) is 45.3 Å². The summed E-state index contributed by atoms with van der Waals surface area (Å²) in [5.41, 5.74) is 0.561. The topological polar surface area (TPSA) is 24.1 Å². The van der Waals surface area contributed by atoms with Crippen molar-refractivity contribution in [1.29, 1.82) is 0 Å². The molecule has 0 bridgehead atoms. The fraction of sp³-hybridized carbons (Fsp3) is 1.00. The third-order valence-corrected chi connectivity index (χ3v) is 2.89. The van der Waals surface area contributed by atoms with Crippen molar-refractivity contribution in [2.75, 3.05) is 19.6 Å². The van der Waals surface area contributed by atoms with Gasteiger partial charge in [-0.2, -0.15) is 0 Å². The Hall–Kier alpha value is -0.0800. The van der Waals surface area contributed by atoms with Crippen LogP contribution < -0.4 is 10.6 Å². The lowest BCUT2D eigenvalue weighted by atomic mass is 9.87. The summed E-state index contributed by atoms with van der Waals surface area (Å²) in [5, 5.41) is 7.03. The molecule has 0 saturated carbocycles. The first-order chi connectivity index (χ1) is 6.91. The molecule has 0 aliphatic carbocycles. The third kappa shape index (κ3) is 3.97. The van der Waals surface area contributed by atoms with E-state index in [1.807, 2.05) is 27.7 Å². The maximum atomic E-state index is 3.63. The first-order valence-electron chi connectivity index (χ1n) is 6.37. The summed E-state index contributed by atoms with van der Waals surface area (Å²) < 4.78 is 0. The molecular weight excluding hydrogens is 172 g/mol. The molecule has 2 rings (SSSR count). The molecular formula is C12H28N2. The normalized spacial score (nSPS) is 23.1. The van der Waals surface area contributed by atoms with Gasteiger partial charge in [-0.15, -0.1) is 0 Å². The molecule has 2 heterocycles. The van der Waals surface area contributed by atoms with Gasteiger partial charge in [-0.1, -0.05) is 27.7 Å². The molecule has 0 atom stereocenters. The number of nitrogens with one attached hydrogen (secondary N) is 2. The van der Waals surface area contributed by atoms with E-state index in [1.54, 1.807) is 0 Å². The summed E-state index contributed by atoms with van der Waals surface area (Å²) in [6.45, 7) is 11.7. The van der Waals surface area contributed by atoms with Crippen LogP contribution in [0.1, 0.15) is 53.4 Å². The SMILES string of the molecule is C1CNC2(C1)CCNCC2.CC.CC. The average Bonchev–Trinajstić information content (AvgIpc) is 2.73. The Kier molecular flexibility index (Phi) is 8.20. The second-order valence-corrected chi connectivity index (χ2v) is 3.56. The summed E-state index contributed by atoms with van der Waals surface area (Å²) >= 11 is 0. The van der Waals surface area contributed by atoms with E-state index in [-0.39, 0.29) is 0 Å². The highest BCUT2D eigenvalue weighted by Gasteiger charge is 2.33. The lowest BCUT2D eigenvalue weighted by Crippen LogP contribution is -2.48. The highest BCUT2D eigenvalue weighted by molar-refractivity contribution is 4.95. The van der Waals surface area contributed by atoms with Crippen molar-refractivity contribution in [2.24, 2.45) is 0 Å². The van der Waals surface area contributed by atoms with E-state index in [2.05, 4.69) is 10.6 Å². The van der Waals surface area contributed by atoms with E-state index in [9.17, 15) is 0 Å². The molecule has 14 heavy (non-hydrogen) atoms. The molecule has 0 aromatic heterocycles. The summed E-state index contributed by atoms with van der Waals surface area (Å²) in [5.74, 6) is 0. The number of piperidine rings is 1. The van der Waals surface area contributed by atoms with Crippen molar-refractivity contribution in [3.63, 3.8) is 0 Å². The molecule has 0 amide bonds. The van der Waals surface area contributed by atoms with Crippen molar-refractivity contribution in [3.05, 3.63) is 0 Å². The van der Waals surface area contributed by atoms with E-state index in [4.69, 9.17) is 0 Å². The first-order valence-corrected chi connectivity index (χ1v) is 6.37. The van der Waals surface area contributed by atoms with Crippen molar-refractivity contribution < 1.29 is 0 Å². The molecule has 0 aromatic rings. The minimum atomic E-state index is 0.561. The predicted molar refractivity (Wildman–Crippen MR) is 64.8 cm³/mol. The Bertz CT molecular complexity index is 109. The van der Waals surface area contributed by atoms with E-state index in [1.165, 1.54) is 45.3 Å². The fourth-order valence-corrected chi connectivity index (χ4v) is 2.20. The molecule has 0 unspecified atom stereocenters. The van der Waals surface area contributed by atoms with E-state index < -0.39 is 0 Å². The van der Waals surface area contributed by atoms with Crippen LogP contribution in [-0.2, 0) is 0 Å². The minimum absolute atomic E-state index is 0.561. The Labute approximate surface area is 89.9 Å². The highest BCUT2D eigenvalue weighted by Crippen LogP contribution is 2.27. The van der Waals surface area contributed by atoms with Crippen LogP contribution in [0, 0.1) is 0 Å². The summed E-state index contributed by atoms with van der Waals surface area (Å²) in [6.07, 6.45) is 5.48. The molecule has 86 valence electrons. The number of hydrogen-bond donors (Lipinski definition) is 2. The van der Waals surface area contributed by atoms with Gasteiger partial charge in [0.05, 0.1) is 0 Å². The molecule has 2 heteroatoms. The van der Waals surface area contributed by atoms with Crippen LogP contribution in [0.2, 0.25) is 0 Å². The van der Waals surface area contributed by atoms with Crippen molar-refractivity contribution in [2.45, 2.75) is 58.9 Å². The Morgan fingerprint density at radius 2 is 1.36 bits per heavy atom. The Balaban J connectivity index is 0.000000379. The lowest BCUT2D eigenvalue weighted by Gasteiger charge is -2.33. The number of rotatable bonds is 0. The maximum absolute atomic E-state index is 3.63. The molecule has 2 aliphatic rings. The summed E-state index contributed by atoms with van der Waals surface area (Å²) in [4.78, 5) is 0. The zero-order valence-electron chi connectivity index (χ0n) is 10.4. The zero-order valence-corrected chi connectivity index (χ0v) is 10.4. The van der Waals surface area contributed by atoms with Crippen molar-refractivity contribution in [1.82, 2.24) is 10.6 Å². The van der Waals surface area contributed by atoms with Crippen LogP contribution in [0.4, 0.5) is 0 Å². The van der Waals surface area contributed by atoms with Crippen LogP contribution >= 0.6 is 0 Å². The molecule has 2 fully saturated rings. The van der Waals surface area contributed by atoms with Crippen molar-refractivity contribution in [3.8, 4) is 0 Å². The molecule has 2 saturated heterocycles. The average molecular weight is 200 g/mol. The molecule has 0 radical (unpaired) electrons. The smallest absolute Gasteiger partial charge is 0.0206 e. The first kappa shape index (κ1) is 13.9. The van der Waals surface area contributed by atoms with Gasteiger partial charge >= 0.3 is 0 Å². The molecule has 2 nitrogen and oxygen atoms in total. The van der Waals surface area contributed by atoms with Gasteiger partial charge in [-0.3, -0.25) is 0 Å². The van der Waals surface area contributed by atoms with E-state index >= 15 is 0 Å². The van der Waals surface area contributed by atoms with Crippen molar-refractivity contribution >= 4 is 0 Å². The van der Waals surface area contributed by atoms with Gasteiger partial charge in [0.15, 0.2) is 0 Å². The highest BCUT2D eigenvalue weighted by atomic mass is 15.0. The van der Waals surface area contributed by atoms with Gasteiger partial charge in [0.2, 0.25) is 0 Å². The number of hydrogen-bond acceptors (Lipinski definition) is 2. The minimum Gasteiger partial charge on any atom is -0.317 e. The maximum Gasteiger partial charge on any atom is 0.0206 e. The monoisotopic (exact) mass is 200 g/mol. The van der Waals surface area contributed by atoms with Crippen LogP contribution in [0.25, 0.3) is 0 Å². The van der Waals surface area contributed by atoms with Gasteiger partial charge in [-0.25, -0.2) is 0 Å². The van der Waals surface area contributed by atoms with Gasteiger partial charge < -0.3 is 10.6 Å².